The van der Waals surface area contributed by atoms with Crippen LogP contribution in [0.2, 0.25) is 0 Å². The first kappa shape index (κ1) is 11.5. The van der Waals surface area contributed by atoms with E-state index in [1.165, 1.54) is 12.1 Å². The maximum absolute atomic E-state index is 12.9. The zero-order chi connectivity index (χ0) is 11.4. The normalized spacial score (nSPS) is 11.1. The third kappa shape index (κ3) is 2.77. The number of hydrogen-bond donors (Lipinski definition) is 1. The number of fused-ring (bicyclic) bond motifs is 1. The molecule has 2 rings (SSSR count). The van der Waals surface area contributed by atoms with Gasteiger partial charge in [0.15, 0.2) is 0 Å². The van der Waals surface area contributed by atoms with E-state index < -0.39 is 0 Å². The van der Waals surface area contributed by atoms with Crippen LogP contribution in [0.1, 0.15) is 5.76 Å². The molecule has 1 N–H and O–H groups in total. The van der Waals surface area contributed by atoms with Crippen molar-refractivity contribution < 1.29 is 8.81 Å². The summed E-state index contributed by atoms with van der Waals surface area (Å²) >= 11 is 1.80. The van der Waals surface area contributed by atoms with Crippen LogP contribution in [-0.2, 0) is 6.54 Å². The van der Waals surface area contributed by atoms with E-state index in [1.54, 1.807) is 17.8 Å². The first-order chi connectivity index (χ1) is 7.79. The van der Waals surface area contributed by atoms with E-state index in [0.29, 0.717) is 6.54 Å². The van der Waals surface area contributed by atoms with Crippen LogP contribution in [0, 0.1) is 5.82 Å². The van der Waals surface area contributed by atoms with Crippen molar-refractivity contribution in [3.63, 3.8) is 0 Å². The van der Waals surface area contributed by atoms with Crippen molar-refractivity contribution in [1.29, 1.82) is 0 Å². The lowest BCUT2D eigenvalue weighted by Gasteiger charge is -1.99. The van der Waals surface area contributed by atoms with Crippen molar-refractivity contribution in [1.82, 2.24) is 5.32 Å². The van der Waals surface area contributed by atoms with Crippen LogP contribution in [0.3, 0.4) is 0 Å². The van der Waals surface area contributed by atoms with Crippen molar-refractivity contribution in [2.75, 3.05) is 18.6 Å². The molecule has 0 saturated heterocycles. The van der Waals surface area contributed by atoms with Gasteiger partial charge >= 0.3 is 0 Å². The van der Waals surface area contributed by atoms with Crippen molar-refractivity contribution in [3.8, 4) is 0 Å². The molecule has 1 heterocycles. The second kappa shape index (κ2) is 5.37. The topological polar surface area (TPSA) is 25.2 Å². The number of nitrogens with one attached hydrogen (secondary N) is 1. The quantitative estimate of drug-likeness (QED) is 0.812. The SMILES string of the molecule is CSCCNCc1cc2cc(F)ccc2o1. The van der Waals surface area contributed by atoms with Crippen LogP contribution in [0.25, 0.3) is 11.0 Å². The van der Waals surface area contributed by atoms with Gasteiger partial charge in [-0.1, -0.05) is 0 Å². The summed E-state index contributed by atoms with van der Waals surface area (Å²) in [5, 5.41) is 4.09. The maximum atomic E-state index is 12.9. The largest absolute Gasteiger partial charge is 0.460 e. The van der Waals surface area contributed by atoms with E-state index in [-0.39, 0.29) is 5.82 Å². The lowest BCUT2D eigenvalue weighted by atomic mass is 10.2. The van der Waals surface area contributed by atoms with Crippen molar-refractivity contribution in [2.45, 2.75) is 6.54 Å². The van der Waals surface area contributed by atoms with E-state index in [2.05, 4.69) is 11.6 Å². The fraction of sp³-hybridized carbons (Fsp3) is 0.333. The van der Waals surface area contributed by atoms with Gasteiger partial charge in [-0.2, -0.15) is 11.8 Å². The van der Waals surface area contributed by atoms with Gasteiger partial charge in [-0.15, -0.1) is 0 Å². The van der Waals surface area contributed by atoms with Crippen LogP contribution in [0.5, 0.6) is 0 Å². The highest BCUT2D eigenvalue weighted by atomic mass is 32.2. The molecular weight excluding hydrogens is 225 g/mol. The molecule has 4 heteroatoms. The van der Waals surface area contributed by atoms with Crippen molar-refractivity contribution in [3.05, 3.63) is 35.8 Å². The van der Waals surface area contributed by atoms with Gasteiger partial charge in [0.2, 0.25) is 0 Å². The summed E-state index contributed by atoms with van der Waals surface area (Å²) in [4.78, 5) is 0. The Hall–Kier alpha value is -1.00. The molecule has 2 nitrogen and oxygen atoms in total. The van der Waals surface area contributed by atoms with Gasteiger partial charge in [0.05, 0.1) is 6.54 Å². The second-order valence-corrected chi connectivity index (χ2v) is 4.55. The molecule has 0 atom stereocenters. The van der Waals surface area contributed by atoms with Gasteiger partial charge in [-0.25, -0.2) is 4.39 Å². The van der Waals surface area contributed by atoms with Crippen molar-refractivity contribution >= 4 is 22.7 Å². The Bertz CT molecular complexity index is 469. The van der Waals surface area contributed by atoms with Gasteiger partial charge in [0.1, 0.15) is 17.2 Å². The number of halogens is 1. The minimum atomic E-state index is -0.227. The highest BCUT2D eigenvalue weighted by Gasteiger charge is 2.03. The molecule has 0 radical (unpaired) electrons. The second-order valence-electron chi connectivity index (χ2n) is 3.56. The van der Waals surface area contributed by atoms with Gasteiger partial charge < -0.3 is 9.73 Å². The molecule has 0 amide bonds. The molecule has 0 aliphatic rings. The van der Waals surface area contributed by atoms with Crippen LogP contribution < -0.4 is 5.32 Å². The van der Waals surface area contributed by atoms with Gasteiger partial charge in [0.25, 0.3) is 0 Å². The Kier molecular flexibility index (Phi) is 3.85. The Balaban J connectivity index is 2.02. The lowest BCUT2D eigenvalue weighted by Crippen LogP contribution is -2.15. The number of benzene rings is 1. The smallest absolute Gasteiger partial charge is 0.134 e. The summed E-state index contributed by atoms with van der Waals surface area (Å²) in [6, 6.07) is 6.45. The fourth-order valence-corrected chi connectivity index (χ4v) is 1.89. The number of thioether (sulfide) groups is 1. The molecule has 1 aromatic heterocycles. The Morgan fingerprint density at radius 2 is 2.25 bits per heavy atom. The van der Waals surface area contributed by atoms with Crippen LogP contribution in [-0.4, -0.2) is 18.6 Å². The molecule has 0 saturated carbocycles. The highest BCUT2D eigenvalue weighted by molar-refractivity contribution is 7.98. The predicted octanol–water partition coefficient (Wildman–Crippen LogP) is 3.02. The number of furan rings is 1. The first-order valence-electron chi connectivity index (χ1n) is 5.17. The summed E-state index contributed by atoms with van der Waals surface area (Å²) in [5.41, 5.74) is 0.739. The summed E-state index contributed by atoms with van der Waals surface area (Å²) < 4.78 is 18.5. The molecule has 0 aliphatic carbocycles. The van der Waals surface area contributed by atoms with Crippen LogP contribution in [0.4, 0.5) is 4.39 Å². The van der Waals surface area contributed by atoms with E-state index >= 15 is 0 Å². The van der Waals surface area contributed by atoms with Gasteiger partial charge in [-0.3, -0.25) is 0 Å². The highest BCUT2D eigenvalue weighted by Crippen LogP contribution is 2.20. The first-order valence-corrected chi connectivity index (χ1v) is 6.56. The monoisotopic (exact) mass is 239 g/mol. The number of hydrogen-bond acceptors (Lipinski definition) is 3. The molecule has 16 heavy (non-hydrogen) atoms. The lowest BCUT2D eigenvalue weighted by molar-refractivity contribution is 0.520. The minimum absolute atomic E-state index is 0.227. The average Bonchev–Trinajstić information content (AvgIpc) is 2.66. The summed E-state index contributed by atoms with van der Waals surface area (Å²) in [7, 11) is 0. The van der Waals surface area contributed by atoms with E-state index in [0.717, 1.165) is 29.0 Å². The summed E-state index contributed by atoms with van der Waals surface area (Å²) in [6.45, 7) is 1.64. The predicted molar refractivity (Wildman–Crippen MR) is 66.3 cm³/mol. The average molecular weight is 239 g/mol. The molecule has 2 aromatic rings. The van der Waals surface area contributed by atoms with Crippen LogP contribution in [0.15, 0.2) is 28.7 Å². The minimum Gasteiger partial charge on any atom is -0.460 e. The standard InChI is InChI=1S/C12H14FNOS/c1-16-5-4-14-8-11-7-9-6-10(13)2-3-12(9)15-11/h2-3,6-7,14H,4-5,8H2,1H3. The summed E-state index contributed by atoms with van der Waals surface area (Å²) in [5.74, 6) is 1.70. The molecule has 1 aromatic carbocycles. The molecular formula is C12H14FNOS. The molecule has 0 aliphatic heterocycles. The van der Waals surface area contributed by atoms with Gasteiger partial charge in [0, 0.05) is 17.7 Å². The Labute approximate surface area is 98.2 Å². The number of rotatable bonds is 5. The molecule has 0 unspecified atom stereocenters. The van der Waals surface area contributed by atoms with E-state index in [9.17, 15) is 4.39 Å². The van der Waals surface area contributed by atoms with E-state index in [4.69, 9.17) is 4.42 Å². The Morgan fingerprint density at radius 3 is 3.06 bits per heavy atom. The molecule has 0 bridgehead atoms. The van der Waals surface area contributed by atoms with Crippen LogP contribution >= 0.6 is 11.8 Å². The summed E-state index contributed by atoms with van der Waals surface area (Å²) in [6.07, 6.45) is 2.08. The molecule has 0 spiro atoms. The fourth-order valence-electron chi connectivity index (χ4n) is 1.54. The van der Waals surface area contributed by atoms with E-state index in [1.807, 2.05) is 6.07 Å². The Morgan fingerprint density at radius 1 is 1.38 bits per heavy atom. The third-order valence-corrected chi connectivity index (χ3v) is 2.92. The maximum Gasteiger partial charge on any atom is 0.134 e. The van der Waals surface area contributed by atoms with Crippen molar-refractivity contribution in [2.24, 2.45) is 0 Å². The molecule has 0 fully saturated rings. The molecule has 86 valence electrons. The zero-order valence-corrected chi connectivity index (χ0v) is 9.94. The third-order valence-electron chi connectivity index (χ3n) is 2.31. The zero-order valence-electron chi connectivity index (χ0n) is 9.13. The van der Waals surface area contributed by atoms with Gasteiger partial charge in [-0.05, 0) is 30.5 Å².